The van der Waals surface area contributed by atoms with E-state index in [2.05, 4.69) is 174 Å². The first-order valence-electron chi connectivity index (χ1n) is 39.1. The lowest BCUT2D eigenvalue weighted by molar-refractivity contribution is -0.161. The summed E-state index contributed by atoms with van der Waals surface area (Å²) in [5, 5.41) is 10.6. The molecule has 5 atom stereocenters. The number of allylic oxidation sites excluding steroid dienone is 24. The van der Waals surface area contributed by atoms with Crippen LogP contribution in [0.15, 0.2) is 146 Å². The van der Waals surface area contributed by atoms with Crippen LogP contribution in [-0.4, -0.2) is 96.7 Å². The third kappa shape index (κ3) is 73.3. The monoisotopic (exact) mass is 1470 g/mol. The van der Waals surface area contributed by atoms with Gasteiger partial charge in [0, 0.05) is 25.7 Å². The molecule has 0 fully saturated rings. The largest absolute Gasteiger partial charge is 0.472 e. The summed E-state index contributed by atoms with van der Waals surface area (Å²) in [6, 6.07) is 0. The van der Waals surface area contributed by atoms with Gasteiger partial charge >= 0.3 is 39.5 Å². The summed E-state index contributed by atoms with van der Waals surface area (Å²) in [5.41, 5.74) is 0. The molecule has 0 bridgehead atoms. The van der Waals surface area contributed by atoms with E-state index < -0.39 is 97.5 Å². The normalized spacial score (nSPS) is 14.7. The van der Waals surface area contributed by atoms with Crippen LogP contribution in [0.25, 0.3) is 0 Å². The van der Waals surface area contributed by atoms with Gasteiger partial charge in [-0.05, 0) is 161 Å². The molecule has 0 aromatic heterocycles. The van der Waals surface area contributed by atoms with Gasteiger partial charge < -0.3 is 33.8 Å². The lowest BCUT2D eigenvalue weighted by Crippen LogP contribution is -2.30. The lowest BCUT2D eigenvalue weighted by atomic mass is 10.1. The molecule has 0 aliphatic heterocycles. The fraction of sp³-hybridized carbons (Fsp3) is 0.663. The van der Waals surface area contributed by atoms with Crippen molar-refractivity contribution in [3.63, 3.8) is 0 Å². The van der Waals surface area contributed by atoms with E-state index in [-0.39, 0.29) is 25.7 Å². The number of carbonyl (C=O) groups is 4. The van der Waals surface area contributed by atoms with Crippen molar-refractivity contribution in [2.45, 2.75) is 316 Å². The van der Waals surface area contributed by atoms with Gasteiger partial charge in [0.25, 0.3) is 0 Å². The third-order valence-corrected chi connectivity index (χ3v) is 17.7. The van der Waals surface area contributed by atoms with Crippen LogP contribution in [0, 0.1) is 0 Å². The number of unbranched alkanes of at least 4 members (excludes halogenated alkanes) is 22. The summed E-state index contributed by atoms with van der Waals surface area (Å²) in [5.74, 6) is -2.27. The predicted octanol–water partition coefficient (Wildman–Crippen LogP) is 22.7. The summed E-state index contributed by atoms with van der Waals surface area (Å²) in [7, 11) is -9.98. The molecule has 0 aliphatic carbocycles. The minimum absolute atomic E-state index is 0.0688. The lowest BCUT2D eigenvalue weighted by Gasteiger charge is -2.21. The van der Waals surface area contributed by atoms with Gasteiger partial charge in [0.1, 0.15) is 19.3 Å². The number of aliphatic hydroxyl groups excluding tert-OH is 1. The highest BCUT2D eigenvalue weighted by Gasteiger charge is 2.30. The maximum Gasteiger partial charge on any atom is 0.472 e. The predicted molar refractivity (Wildman–Crippen MR) is 417 cm³/mol. The second-order valence-corrected chi connectivity index (χ2v) is 28.4. The quantitative estimate of drug-likeness (QED) is 0.0169. The maximum absolute atomic E-state index is 13.1. The molecule has 0 aliphatic rings. The highest BCUT2D eigenvalue weighted by Crippen LogP contribution is 2.45. The number of rotatable bonds is 72. The van der Waals surface area contributed by atoms with E-state index in [0.29, 0.717) is 25.7 Å². The minimum Gasteiger partial charge on any atom is -0.462 e. The second-order valence-electron chi connectivity index (χ2n) is 25.5. The molecule has 0 aromatic carbocycles. The highest BCUT2D eigenvalue weighted by molar-refractivity contribution is 7.47. The SMILES string of the molecule is CC/C=C\C/C=C\C/C=C\C/C=C\C/C=C\CCCCCC(=O)OCC(COP(=O)(O)OCC(O)COP(=O)(O)OCC(COC(=O)CCCCCC/C=C\C/C=C\C/C=C\C/C=C\CC)OC(=O)CCCCCCC/C=C\C/C=C\CCCCC)OC(=O)CCCCCCC/C=C\CCCC. The van der Waals surface area contributed by atoms with Crippen molar-refractivity contribution >= 4 is 39.5 Å². The van der Waals surface area contributed by atoms with Gasteiger partial charge in [0.05, 0.1) is 26.4 Å². The Morgan fingerprint density at radius 3 is 0.833 bits per heavy atom. The van der Waals surface area contributed by atoms with Crippen LogP contribution in [0.4, 0.5) is 0 Å². The standard InChI is InChI=1S/C83H138O17P2/c1-5-9-13-17-21-25-29-32-35-37-38-40-43-45-49-52-56-60-64-68-80(85)93-73-78(99-82(87)69-65-61-57-53-47-28-24-20-16-12-8-4)75-97-101(89,90)95-71-77(84)72-96-102(91,92)98-76-79(100-83(88)70-66-62-58-54-50-46-41-34-31-27-23-19-15-11-7-3)74-94-81(86)67-63-59-55-51-48-44-42-39-36-33-30-26-22-18-14-10-6-2/h9-10,13-14,20-27,32-36,38,40-42,44-45,49,77-79,84H,5-8,11-12,15-19,28-31,37,39,43,46-48,50-76H2,1-4H3,(H,89,90)(H,91,92)/b13-9-,14-10-,24-20-,25-21-,26-22-,27-23-,35-32-,36-33-,40-38-,41-34-,44-42-,49-45-. The van der Waals surface area contributed by atoms with E-state index in [1.807, 2.05) is 0 Å². The van der Waals surface area contributed by atoms with Crippen LogP contribution in [0.3, 0.4) is 0 Å². The number of hydrogen-bond acceptors (Lipinski definition) is 15. The van der Waals surface area contributed by atoms with Crippen molar-refractivity contribution in [2.24, 2.45) is 0 Å². The van der Waals surface area contributed by atoms with Crippen molar-refractivity contribution in [3.8, 4) is 0 Å². The van der Waals surface area contributed by atoms with Crippen molar-refractivity contribution in [2.75, 3.05) is 39.6 Å². The maximum atomic E-state index is 13.1. The molecule has 3 N–H and O–H groups in total. The van der Waals surface area contributed by atoms with Crippen LogP contribution >= 0.6 is 15.6 Å². The van der Waals surface area contributed by atoms with E-state index >= 15 is 0 Å². The Hall–Kier alpha value is -5.06. The Morgan fingerprint density at radius 1 is 0.284 bits per heavy atom. The van der Waals surface area contributed by atoms with E-state index in [0.717, 1.165) is 186 Å². The average Bonchev–Trinajstić information content (AvgIpc) is 0.926. The Labute approximate surface area is 617 Å². The zero-order chi connectivity index (χ0) is 74.6. The number of hydrogen-bond donors (Lipinski definition) is 3. The van der Waals surface area contributed by atoms with E-state index in [4.69, 9.17) is 37.0 Å². The molecule has 0 spiro atoms. The topological polar surface area (TPSA) is 237 Å². The molecule has 582 valence electrons. The summed E-state index contributed by atoms with van der Waals surface area (Å²) < 4.78 is 68.5. The Kier molecular flexibility index (Phi) is 70.5. The van der Waals surface area contributed by atoms with Gasteiger partial charge in [-0.2, -0.15) is 0 Å². The van der Waals surface area contributed by atoms with Crippen LogP contribution in [0.2, 0.25) is 0 Å². The molecular formula is C83H138O17P2. The fourth-order valence-corrected chi connectivity index (χ4v) is 11.4. The molecule has 19 heteroatoms. The summed E-state index contributed by atoms with van der Waals surface area (Å²) in [4.78, 5) is 72.9. The number of carbonyl (C=O) groups excluding carboxylic acids is 4. The van der Waals surface area contributed by atoms with Crippen molar-refractivity contribution in [3.05, 3.63) is 146 Å². The Balaban J connectivity index is 5.39. The summed E-state index contributed by atoms with van der Waals surface area (Å²) >= 11 is 0. The van der Waals surface area contributed by atoms with Crippen molar-refractivity contribution < 1.29 is 80.2 Å². The number of aliphatic hydroxyl groups is 1. The first-order valence-corrected chi connectivity index (χ1v) is 42.1. The third-order valence-electron chi connectivity index (χ3n) is 15.8. The number of phosphoric acid groups is 2. The van der Waals surface area contributed by atoms with Crippen molar-refractivity contribution in [1.29, 1.82) is 0 Å². The minimum atomic E-state index is -4.99. The number of ether oxygens (including phenoxy) is 4. The Bertz CT molecular complexity index is 2510. The van der Waals surface area contributed by atoms with E-state index in [1.54, 1.807) is 0 Å². The van der Waals surface area contributed by atoms with Crippen LogP contribution in [0.5, 0.6) is 0 Å². The van der Waals surface area contributed by atoms with Gasteiger partial charge in [0.2, 0.25) is 0 Å². The molecule has 0 amide bonds. The van der Waals surface area contributed by atoms with Gasteiger partial charge in [-0.25, -0.2) is 9.13 Å². The number of esters is 4. The molecule has 0 rings (SSSR count). The molecule has 0 saturated heterocycles. The molecule has 0 aromatic rings. The summed E-state index contributed by atoms with van der Waals surface area (Å²) in [6.45, 7) is 4.48. The first kappa shape index (κ1) is 96.9. The van der Waals surface area contributed by atoms with E-state index in [9.17, 15) is 43.2 Å². The molecule has 102 heavy (non-hydrogen) atoms. The molecule has 0 radical (unpaired) electrons. The van der Waals surface area contributed by atoms with Crippen LogP contribution in [0.1, 0.15) is 297 Å². The van der Waals surface area contributed by atoms with Gasteiger partial charge in [0.15, 0.2) is 12.2 Å². The molecular weight excluding hydrogens is 1330 g/mol. The smallest absolute Gasteiger partial charge is 0.462 e. The fourth-order valence-electron chi connectivity index (χ4n) is 9.84. The van der Waals surface area contributed by atoms with E-state index in [1.165, 1.54) is 32.1 Å². The molecule has 5 unspecified atom stereocenters. The zero-order valence-electron chi connectivity index (χ0n) is 63.5. The summed E-state index contributed by atoms with van der Waals surface area (Å²) in [6.07, 6.45) is 84.1. The van der Waals surface area contributed by atoms with Gasteiger partial charge in [-0.1, -0.05) is 257 Å². The molecule has 17 nitrogen and oxygen atoms in total. The van der Waals surface area contributed by atoms with Crippen molar-refractivity contribution in [1.82, 2.24) is 0 Å². The average molecular weight is 1470 g/mol. The van der Waals surface area contributed by atoms with Gasteiger partial charge in [-0.3, -0.25) is 37.3 Å². The second kappa shape index (κ2) is 74.2. The highest BCUT2D eigenvalue weighted by atomic mass is 31.2. The van der Waals surface area contributed by atoms with Crippen LogP contribution < -0.4 is 0 Å². The van der Waals surface area contributed by atoms with Gasteiger partial charge in [-0.15, -0.1) is 0 Å². The number of phosphoric ester groups is 2. The first-order chi connectivity index (χ1) is 49.7. The molecule has 0 saturated carbocycles. The zero-order valence-corrected chi connectivity index (χ0v) is 65.3. The molecule has 0 heterocycles. The Morgan fingerprint density at radius 2 is 0.520 bits per heavy atom. The van der Waals surface area contributed by atoms with Crippen LogP contribution in [-0.2, 0) is 65.4 Å².